The zero-order valence-electron chi connectivity index (χ0n) is 9.72. The van der Waals surface area contributed by atoms with Crippen LogP contribution in [0.3, 0.4) is 0 Å². The van der Waals surface area contributed by atoms with Crippen molar-refractivity contribution in [3.05, 3.63) is 52.7 Å². The second kappa shape index (κ2) is 4.89. The SMILES string of the molecule is O=C(NCc1ccc2ncoc2c1)c1ccc(Br)o1. The van der Waals surface area contributed by atoms with Crippen LogP contribution in [-0.4, -0.2) is 10.9 Å². The van der Waals surface area contributed by atoms with Gasteiger partial charge in [-0.15, -0.1) is 0 Å². The van der Waals surface area contributed by atoms with Crippen molar-refractivity contribution >= 4 is 32.9 Å². The molecule has 6 heteroatoms. The van der Waals surface area contributed by atoms with Gasteiger partial charge in [0.1, 0.15) is 5.52 Å². The van der Waals surface area contributed by atoms with E-state index in [9.17, 15) is 4.79 Å². The number of hydrogen-bond donors (Lipinski definition) is 1. The number of fused-ring (bicyclic) bond motifs is 1. The molecule has 2 aromatic heterocycles. The van der Waals surface area contributed by atoms with E-state index >= 15 is 0 Å². The molecule has 0 atom stereocenters. The van der Waals surface area contributed by atoms with E-state index in [1.165, 1.54) is 6.39 Å². The summed E-state index contributed by atoms with van der Waals surface area (Å²) in [5.41, 5.74) is 2.43. The first-order valence-electron chi connectivity index (χ1n) is 5.58. The van der Waals surface area contributed by atoms with Crippen molar-refractivity contribution < 1.29 is 13.6 Å². The van der Waals surface area contributed by atoms with Crippen LogP contribution in [0.25, 0.3) is 11.1 Å². The Bertz CT molecular complexity index is 732. The third-order valence-corrected chi connectivity index (χ3v) is 3.07. The van der Waals surface area contributed by atoms with Crippen LogP contribution < -0.4 is 5.32 Å². The molecule has 2 heterocycles. The Morgan fingerprint density at radius 1 is 1.32 bits per heavy atom. The molecular weight excluding hydrogens is 312 g/mol. The lowest BCUT2D eigenvalue weighted by Crippen LogP contribution is -2.22. The maximum absolute atomic E-state index is 11.8. The molecule has 0 aliphatic heterocycles. The summed E-state index contributed by atoms with van der Waals surface area (Å²) < 4.78 is 10.9. The summed E-state index contributed by atoms with van der Waals surface area (Å²) in [5, 5.41) is 2.77. The van der Waals surface area contributed by atoms with Gasteiger partial charge in [-0.1, -0.05) is 6.07 Å². The molecule has 0 aliphatic rings. The van der Waals surface area contributed by atoms with Gasteiger partial charge in [-0.2, -0.15) is 0 Å². The average Bonchev–Trinajstić information content (AvgIpc) is 3.03. The van der Waals surface area contributed by atoms with Crippen LogP contribution >= 0.6 is 15.9 Å². The number of oxazole rings is 1. The van der Waals surface area contributed by atoms with Crippen LogP contribution in [0.5, 0.6) is 0 Å². The van der Waals surface area contributed by atoms with Gasteiger partial charge in [0.2, 0.25) is 0 Å². The van der Waals surface area contributed by atoms with E-state index in [0.29, 0.717) is 16.8 Å². The number of hydrogen-bond acceptors (Lipinski definition) is 4. The maximum Gasteiger partial charge on any atom is 0.287 e. The number of nitrogens with zero attached hydrogens (tertiary/aromatic N) is 1. The van der Waals surface area contributed by atoms with Crippen molar-refractivity contribution in [3.63, 3.8) is 0 Å². The molecule has 0 aliphatic carbocycles. The van der Waals surface area contributed by atoms with Crippen LogP contribution in [0.15, 0.2) is 50.2 Å². The first-order valence-corrected chi connectivity index (χ1v) is 6.37. The minimum absolute atomic E-state index is 0.261. The molecule has 0 radical (unpaired) electrons. The molecule has 0 saturated heterocycles. The molecule has 96 valence electrons. The van der Waals surface area contributed by atoms with Gasteiger partial charge in [-0.25, -0.2) is 4.98 Å². The van der Waals surface area contributed by atoms with Crippen molar-refractivity contribution in [2.45, 2.75) is 6.54 Å². The predicted octanol–water partition coefficient (Wildman–Crippen LogP) is 3.11. The Hall–Kier alpha value is -2.08. The number of carbonyl (C=O) groups is 1. The van der Waals surface area contributed by atoms with E-state index in [-0.39, 0.29) is 11.7 Å². The molecule has 0 fully saturated rings. The number of benzene rings is 1. The Kier molecular flexibility index (Phi) is 3.08. The molecule has 0 spiro atoms. The van der Waals surface area contributed by atoms with Crippen LogP contribution in [0, 0.1) is 0 Å². The van der Waals surface area contributed by atoms with Gasteiger partial charge < -0.3 is 14.2 Å². The lowest BCUT2D eigenvalue weighted by Gasteiger charge is -2.03. The largest absolute Gasteiger partial charge is 0.444 e. The third kappa shape index (κ3) is 2.53. The number of halogens is 1. The Morgan fingerprint density at radius 3 is 3.00 bits per heavy atom. The summed E-state index contributed by atoms with van der Waals surface area (Å²) in [6.07, 6.45) is 1.40. The highest BCUT2D eigenvalue weighted by atomic mass is 79.9. The minimum Gasteiger partial charge on any atom is -0.444 e. The maximum atomic E-state index is 11.8. The summed E-state index contributed by atoms with van der Waals surface area (Å²) in [7, 11) is 0. The normalized spacial score (nSPS) is 10.8. The van der Waals surface area contributed by atoms with E-state index in [2.05, 4.69) is 26.2 Å². The highest BCUT2D eigenvalue weighted by Gasteiger charge is 2.10. The smallest absolute Gasteiger partial charge is 0.287 e. The van der Waals surface area contributed by atoms with Crippen molar-refractivity contribution in [1.29, 1.82) is 0 Å². The zero-order valence-corrected chi connectivity index (χ0v) is 11.3. The molecular formula is C13H9BrN2O3. The van der Waals surface area contributed by atoms with Crippen LogP contribution in [-0.2, 0) is 6.54 Å². The van der Waals surface area contributed by atoms with E-state index in [0.717, 1.165) is 11.1 Å². The molecule has 3 rings (SSSR count). The van der Waals surface area contributed by atoms with Gasteiger partial charge in [-0.3, -0.25) is 4.79 Å². The summed E-state index contributed by atoms with van der Waals surface area (Å²) in [4.78, 5) is 15.8. The minimum atomic E-state index is -0.261. The van der Waals surface area contributed by atoms with Gasteiger partial charge in [-0.05, 0) is 45.8 Å². The summed E-state index contributed by atoms with van der Waals surface area (Å²) in [6.45, 7) is 0.397. The van der Waals surface area contributed by atoms with Gasteiger partial charge in [0.05, 0.1) is 0 Å². The molecule has 0 unspecified atom stereocenters. The molecule has 0 bridgehead atoms. The number of furan rings is 1. The first kappa shape index (κ1) is 12.0. The number of nitrogens with one attached hydrogen (secondary N) is 1. The van der Waals surface area contributed by atoms with Gasteiger partial charge >= 0.3 is 0 Å². The molecule has 1 N–H and O–H groups in total. The topological polar surface area (TPSA) is 68.3 Å². The van der Waals surface area contributed by atoms with Crippen molar-refractivity contribution in [2.75, 3.05) is 0 Å². The number of amides is 1. The number of aromatic nitrogens is 1. The Labute approximate surface area is 116 Å². The third-order valence-electron chi connectivity index (χ3n) is 2.65. The van der Waals surface area contributed by atoms with Gasteiger partial charge in [0, 0.05) is 6.54 Å². The monoisotopic (exact) mass is 320 g/mol. The molecule has 1 aromatic carbocycles. The molecule has 3 aromatic rings. The summed E-state index contributed by atoms with van der Waals surface area (Å²) in [5.74, 6) is 0.0102. The van der Waals surface area contributed by atoms with Crippen molar-refractivity contribution in [3.8, 4) is 0 Å². The fraction of sp³-hybridized carbons (Fsp3) is 0.0769. The average molecular weight is 321 g/mol. The number of carbonyl (C=O) groups excluding carboxylic acids is 1. The van der Waals surface area contributed by atoms with Crippen LogP contribution in [0.4, 0.5) is 0 Å². The van der Waals surface area contributed by atoms with Crippen molar-refractivity contribution in [1.82, 2.24) is 10.3 Å². The fourth-order valence-corrected chi connectivity index (χ4v) is 2.02. The van der Waals surface area contributed by atoms with Gasteiger partial charge in [0.25, 0.3) is 5.91 Å². The Morgan fingerprint density at radius 2 is 2.21 bits per heavy atom. The van der Waals surface area contributed by atoms with Crippen LogP contribution in [0.1, 0.15) is 16.1 Å². The first-order chi connectivity index (χ1) is 9.22. The zero-order chi connectivity index (χ0) is 13.2. The Balaban J connectivity index is 1.70. The number of rotatable bonds is 3. The highest BCUT2D eigenvalue weighted by molar-refractivity contribution is 9.10. The predicted molar refractivity (Wildman–Crippen MR) is 71.6 cm³/mol. The van der Waals surface area contributed by atoms with E-state index in [1.807, 2.05) is 18.2 Å². The molecule has 19 heavy (non-hydrogen) atoms. The molecule has 5 nitrogen and oxygen atoms in total. The lowest BCUT2D eigenvalue weighted by atomic mass is 10.2. The van der Waals surface area contributed by atoms with Crippen LogP contribution in [0.2, 0.25) is 0 Å². The van der Waals surface area contributed by atoms with E-state index in [1.54, 1.807) is 12.1 Å². The quantitative estimate of drug-likeness (QED) is 0.805. The second-order valence-electron chi connectivity index (χ2n) is 3.94. The summed E-state index contributed by atoms with van der Waals surface area (Å²) in [6, 6.07) is 8.88. The second-order valence-corrected chi connectivity index (χ2v) is 4.72. The van der Waals surface area contributed by atoms with E-state index in [4.69, 9.17) is 8.83 Å². The highest BCUT2D eigenvalue weighted by Crippen LogP contribution is 2.15. The van der Waals surface area contributed by atoms with E-state index < -0.39 is 0 Å². The lowest BCUT2D eigenvalue weighted by molar-refractivity contribution is 0.0922. The fourth-order valence-electron chi connectivity index (χ4n) is 1.72. The molecule has 1 amide bonds. The molecule has 0 saturated carbocycles. The standard InChI is InChI=1S/C13H9BrN2O3/c14-12-4-3-10(19-12)13(17)15-6-8-1-2-9-11(5-8)18-7-16-9/h1-5,7H,6H2,(H,15,17). The van der Waals surface area contributed by atoms with Crippen molar-refractivity contribution in [2.24, 2.45) is 0 Å². The van der Waals surface area contributed by atoms with Gasteiger partial charge in [0.15, 0.2) is 22.4 Å². The summed E-state index contributed by atoms with van der Waals surface area (Å²) >= 11 is 3.15.